The van der Waals surface area contributed by atoms with E-state index >= 15 is 0 Å². The number of benzene rings is 1. The molecule has 1 aromatic carbocycles. The number of aryl methyl sites for hydroxylation is 2. The van der Waals surface area contributed by atoms with E-state index in [-0.39, 0.29) is 24.6 Å². The predicted octanol–water partition coefficient (Wildman–Crippen LogP) is -1.75. The molecular formula is C9H8LiNO. The van der Waals surface area contributed by atoms with Crippen molar-refractivity contribution < 1.29 is 24.0 Å². The second-order valence-corrected chi connectivity index (χ2v) is 2.55. The van der Waals surface area contributed by atoms with Gasteiger partial charge in [-0.25, -0.2) is 0 Å². The van der Waals surface area contributed by atoms with Crippen molar-refractivity contribution in [3.05, 3.63) is 28.8 Å². The van der Waals surface area contributed by atoms with Gasteiger partial charge in [0.05, 0.1) is 11.6 Å². The van der Waals surface area contributed by atoms with E-state index < -0.39 is 0 Å². The molecule has 3 heteroatoms. The van der Waals surface area contributed by atoms with E-state index in [1.807, 2.05) is 6.07 Å². The molecule has 0 radical (unpaired) electrons. The van der Waals surface area contributed by atoms with Gasteiger partial charge in [-0.15, -0.1) is 5.75 Å². The van der Waals surface area contributed by atoms with Gasteiger partial charge in [0.15, 0.2) is 0 Å². The smallest absolute Gasteiger partial charge is 0.872 e. The average molecular weight is 153 g/mol. The first-order valence-corrected chi connectivity index (χ1v) is 3.33. The molecule has 0 aliphatic rings. The summed E-state index contributed by atoms with van der Waals surface area (Å²) in [5, 5.41) is 19.7. The summed E-state index contributed by atoms with van der Waals surface area (Å²) in [6.45, 7) is 3.44. The molecule has 0 bridgehead atoms. The van der Waals surface area contributed by atoms with Crippen molar-refractivity contribution in [3.8, 4) is 11.8 Å². The minimum atomic E-state index is 0. The van der Waals surface area contributed by atoms with Crippen LogP contribution < -0.4 is 24.0 Å². The third kappa shape index (κ3) is 2.05. The standard InChI is InChI=1S/C9H9NO.Li/c1-6-3-8(5-10)4-7(2)9(6)11;/h3-4,11H,1-2H3;/q;+1/p-1. The van der Waals surface area contributed by atoms with E-state index in [0.717, 1.165) is 0 Å². The van der Waals surface area contributed by atoms with Gasteiger partial charge in [0, 0.05) is 0 Å². The molecule has 0 spiro atoms. The molecule has 0 fully saturated rings. The van der Waals surface area contributed by atoms with Gasteiger partial charge in [-0.3, -0.25) is 0 Å². The van der Waals surface area contributed by atoms with E-state index in [9.17, 15) is 5.11 Å². The maximum atomic E-state index is 11.1. The number of nitrogens with zero attached hydrogens (tertiary/aromatic N) is 1. The van der Waals surface area contributed by atoms with Gasteiger partial charge in [0.1, 0.15) is 0 Å². The summed E-state index contributed by atoms with van der Waals surface area (Å²) < 4.78 is 0. The van der Waals surface area contributed by atoms with Crippen molar-refractivity contribution in [2.75, 3.05) is 0 Å². The zero-order valence-corrected chi connectivity index (χ0v) is 7.51. The third-order valence-corrected chi connectivity index (χ3v) is 1.59. The Balaban J connectivity index is 0.00000121. The Bertz CT molecular complexity index is 305. The fraction of sp³-hybridized carbons (Fsp3) is 0.222. The molecule has 0 amide bonds. The van der Waals surface area contributed by atoms with Crippen LogP contribution in [0.25, 0.3) is 0 Å². The summed E-state index contributed by atoms with van der Waals surface area (Å²) in [7, 11) is 0. The largest absolute Gasteiger partial charge is 1.00 e. The molecule has 56 valence electrons. The fourth-order valence-corrected chi connectivity index (χ4v) is 1.01. The third-order valence-electron chi connectivity index (χ3n) is 1.59. The fourth-order valence-electron chi connectivity index (χ4n) is 1.01. The molecular weight excluding hydrogens is 145 g/mol. The van der Waals surface area contributed by atoms with Crippen molar-refractivity contribution >= 4 is 0 Å². The summed E-state index contributed by atoms with van der Waals surface area (Å²) in [4.78, 5) is 0. The summed E-state index contributed by atoms with van der Waals surface area (Å²) in [5.74, 6) is 0.0315. The Kier molecular flexibility index (Phi) is 3.90. The zero-order valence-electron chi connectivity index (χ0n) is 7.51. The molecule has 1 aromatic rings. The molecule has 2 nitrogen and oxygen atoms in total. The van der Waals surface area contributed by atoms with Crippen molar-refractivity contribution in [2.45, 2.75) is 13.8 Å². The molecule has 0 N–H and O–H groups in total. The van der Waals surface area contributed by atoms with E-state index in [4.69, 9.17) is 5.26 Å². The van der Waals surface area contributed by atoms with Gasteiger partial charge in [-0.05, 0) is 26.0 Å². The van der Waals surface area contributed by atoms with E-state index in [0.29, 0.717) is 16.7 Å². The molecule has 0 aromatic heterocycles. The van der Waals surface area contributed by atoms with Crippen molar-refractivity contribution in [3.63, 3.8) is 0 Å². The molecule has 0 saturated carbocycles. The summed E-state index contributed by atoms with van der Waals surface area (Å²) in [5.41, 5.74) is 1.84. The van der Waals surface area contributed by atoms with Crippen LogP contribution >= 0.6 is 0 Å². The topological polar surface area (TPSA) is 46.8 Å². The Morgan fingerprint density at radius 2 is 1.67 bits per heavy atom. The van der Waals surface area contributed by atoms with E-state index in [1.54, 1.807) is 26.0 Å². The molecule has 12 heavy (non-hydrogen) atoms. The van der Waals surface area contributed by atoms with Gasteiger partial charge in [-0.1, -0.05) is 11.1 Å². The second kappa shape index (κ2) is 4.21. The number of hydrogen-bond donors (Lipinski definition) is 0. The second-order valence-electron chi connectivity index (χ2n) is 2.55. The van der Waals surface area contributed by atoms with Crippen molar-refractivity contribution in [1.82, 2.24) is 0 Å². The molecule has 0 heterocycles. The van der Waals surface area contributed by atoms with E-state index in [2.05, 4.69) is 0 Å². The van der Waals surface area contributed by atoms with Crippen LogP contribution in [-0.4, -0.2) is 0 Å². The summed E-state index contributed by atoms with van der Waals surface area (Å²) in [6, 6.07) is 5.21. The van der Waals surface area contributed by atoms with Crippen LogP contribution in [0.4, 0.5) is 0 Å². The predicted molar refractivity (Wildman–Crippen MR) is 40.1 cm³/mol. The molecule has 1 rings (SSSR count). The van der Waals surface area contributed by atoms with Gasteiger partial charge >= 0.3 is 18.9 Å². The van der Waals surface area contributed by atoms with Crippen molar-refractivity contribution in [1.29, 1.82) is 5.26 Å². The van der Waals surface area contributed by atoms with Gasteiger partial charge in [-0.2, -0.15) is 5.26 Å². The first kappa shape index (κ1) is 11.1. The number of hydrogen-bond acceptors (Lipinski definition) is 2. The van der Waals surface area contributed by atoms with Crippen LogP contribution in [0, 0.1) is 25.2 Å². The Morgan fingerprint density at radius 1 is 1.25 bits per heavy atom. The maximum absolute atomic E-state index is 11.1. The minimum Gasteiger partial charge on any atom is -0.872 e. The van der Waals surface area contributed by atoms with Crippen LogP contribution in [0.1, 0.15) is 16.7 Å². The van der Waals surface area contributed by atoms with Crippen LogP contribution in [0.3, 0.4) is 0 Å². The van der Waals surface area contributed by atoms with E-state index in [1.165, 1.54) is 0 Å². The Labute approximate surface area is 84.0 Å². The molecule has 0 unspecified atom stereocenters. The quantitative estimate of drug-likeness (QED) is 0.415. The van der Waals surface area contributed by atoms with Crippen LogP contribution in [0.2, 0.25) is 0 Å². The molecule has 0 saturated heterocycles. The Hall–Kier alpha value is -0.893. The van der Waals surface area contributed by atoms with Gasteiger partial charge in [0.25, 0.3) is 0 Å². The zero-order chi connectivity index (χ0) is 8.43. The van der Waals surface area contributed by atoms with Gasteiger partial charge in [0.2, 0.25) is 0 Å². The van der Waals surface area contributed by atoms with Crippen LogP contribution in [0.15, 0.2) is 12.1 Å². The van der Waals surface area contributed by atoms with Crippen LogP contribution in [0.5, 0.6) is 5.75 Å². The monoisotopic (exact) mass is 153 g/mol. The normalized spacial score (nSPS) is 8.42. The summed E-state index contributed by atoms with van der Waals surface area (Å²) >= 11 is 0. The Morgan fingerprint density at radius 3 is 2.00 bits per heavy atom. The first-order chi connectivity index (χ1) is 5.15. The number of rotatable bonds is 0. The number of nitriles is 1. The van der Waals surface area contributed by atoms with Gasteiger partial charge < -0.3 is 5.11 Å². The average Bonchev–Trinajstić information content (AvgIpc) is 1.99. The maximum Gasteiger partial charge on any atom is 1.00 e. The minimum absolute atomic E-state index is 0. The first-order valence-electron chi connectivity index (χ1n) is 3.33. The summed E-state index contributed by atoms with van der Waals surface area (Å²) in [6.07, 6.45) is 0. The van der Waals surface area contributed by atoms with Crippen LogP contribution in [-0.2, 0) is 0 Å². The molecule has 0 atom stereocenters. The molecule has 0 aliphatic heterocycles. The molecule has 0 aliphatic carbocycles. The SMILES string of the molecule is Cc1cc(C#N)cc(C)c1[O-].[Li+]. The van der Waals surface area contributed by atoms with Crippen molar-refractivity contribution in [2.24, 2.45) is 0 Å².